The van der Waals surface area contributed by atoms with Gasteiger partial charge in [0, 0.05) is 37.8 Å². The lowest BCUT2D eigenvalue weighted by Gasteiger charge is -2.07. The monoisotopic (exact) mass is 233 g/mol. The summed E-state index contributed by atoms with van der Waals surface area (Å²) in [6.45, 7) is 3.03. The quantitative estimate of drug-likeness (QED) is 0.803. The van der Waals surface area contributed by atoms with Gasteiger partial charge in [0.2, 0.25) is 5.82 Å². The molecule has 0 bridgehead atoms. The van der Waals surface area contributed by atoms with Crippen LogP contribution in [0.25, 0.3) is 5.82 Å². The second-order valence-electron chi connectivity index (χ2n) is 3.59. The Kier molecular flexibility index (Phi) is 3.34. The molecule has 2 heterocycles. The minimum atomic E-state index is -0.119. The average molecular weight is 233 g/mol. The van der Waals surface area contributed by atoms with E-state index in [0.717, 1.165) is 5.82 Å². The topological polar surface area (TPSA) is 78.7 Å². The van der Waals surface area contributed by atoms with Crippen LogP contribution in [-0.2, 0) is 13.0 Å². The van der Waals surface area contributed by atoms with Crippen LogP contribution in [0.3, 0.4) is 0 Å². The third-order valence-electron chi connectivity index (χ3n) is 2.55. The van der Waals surface area contributed by atoms with Gasteiger partial charge in [-0.25, -0.2) is 9.97 Å². The van der Waals surface area contributed by atoms with E-state index in [1.165, 1.54) is 0 Å². The highest BCUT2D eigenvalue weighted by atomic mass is 16.1. The Bertz CT molecular complexity index is 557. The summed E-state index contributed by atoms with van der Waals surface area (Å²) in [6, 6.07) is 0. The number of nitrogens with zero attached hydrogens (tertiary/aromatic N) is 4. The maximum absolute atomic E-state index is 12.1. The Balaban J connectivity index is 2.53. The maximum Gasteiger partial charge on any atom is 0.294 e. The number of imidazole rings is 1. The molecule has 0 saturated carbocycles. The van der Waals surface area contributed by atoms with Gasteiger partial charge in [0.25, 0.3) is 5.56 Å². The van der Waals surface area contributed by atoms with Crippen LogP contribution in [0.4, 0.5) is 0 Å². The summed E-state index contributed by atoms with van der Waals surface area (Å²) in [5.41, 5.74) is 5.38. The van der Waals surface area contributed by atoms with Gasteiger partial charge in [0.1, 0.15) is 5.82 Å². The number of aromatic nitrogens is 4. The van der Waals surface area contributed by atoms with Crippen molar-refractivity contribution in [1.29, 1.82) is 0 Å². The summed E-state index contributed by atoms with van der Waals surface area (Å²) in [6.07, 6.45) is 7.29. The summed E-state index contributed by atoms with van der Waals surface area (Å²) in [7, 11) is 0. The lowest BCUT2D eigenvalue weighted by Crippen LogP contribution is -2.25. The molecule has 0 spiro atoms. The van der Waals surface area contributed by atoms with E-state index in [4.69, 9.17) is 5.73 Å². The molecule has 0 atom stereocenters. The molecule has 0 saturated heterocycles. The Morgan fingerprint density at radius 1 is 1.29 bits per heavy atom. The van der Waals surface area contributed by atoms with Crippen molar-refractivity contribution in [3.63, 3.8) is 0 Å². The first-order valence-corrected chi connectivity index (χ1v) is 5.56. The van der Waals surface area contributed by atoms with Gasteiger partial charge in [-0.1, -0.05) is 0 Å². The standard InChI is InChI=1S/C11H15N5O/c1-2-15-7-5-14-10(11(15)17)16-8-6-13-9(16)3-4-12/h5-8H,2-4,12H2,1H3. The zero-order valence-electron chi connectivity index (χ0n) is 9.71. The van der Waals surface area contributed by atoms with Crippen LogP contribution >= 0.6 is 0 Å². The van der Waals surface area contributed by atoms with Crippen LogP contribution in [0.2, 0.25) is 0 Å². The summed E-state index contributed by atoms with van der Waals surface area (Å²) in [5, 5.41) is 0. The summed E-state index contributed by atoms with van der Waals surface area (Å²) in [4.78, 5) is 20.4. The van der Waals surface area contributed by atoms with Gasteiger partial charge in [-0.3, -0.25) is 9.36 Å². The fraction of sp³-hybridized carbons (Fsp3) is 0.364. The van der Waals surface area contributed by atoms with Crippen LogP contribution in [-0.4, -0.2) is 25.6 Å². The number of nitrogens with two attached hydrogens (primary N) is 1. The predicted molar refractivity (Wildman–Crippen MR) is 64.1 cm³/mol. The average Bonchev–Trinajstić information content (AvgIpc) is 2.78. The Morgan fingerprint density at radius 3 is 2.76 bits per heavy atom. The van der Waals surface area contributed by atoms with Gasteiger partial charge in [-0.05, 0) is 13.5 Å². The van der Waals surface area contributed by atoms with Crippen molar-refractivity contribution in [3.05, 3.63) is 41.0 Å². The van der Waals surface area contributed by atoms with Crippen LogP contribution in [0.15, 0.2) is 29.6 Å². The van der Waals surface area contributed by atoms with E-state index in [0.29, 0.717) is 25.3 Å². The second kappa shape index (κ2) is 4.92. The molecule has 0 aliphatic rings. The normalized spacial score (nSPS) is 10.7. The highest BCUT2D eigenvalue weighted by molar-refractivity contribution is 5.21. The van der Waals surface area contributed by atoms with Crippen molar-refractivity contribution in [2.24, 2.45) is 5.73 Å². The van der Waals surface area contributed by atoms with E-state index in [1.807, 2.05) is 6.92 Å². The molecule has 0 amide bonds. The summed E-state index contributed by atoms with van der Waals surface area (Å²) < 4.78 is 3.30. The van der Waals surface area contributed by atoms with Crippen LogP contribution in [0.1, 0.15) is 12.7 Å². The molecule has 2 aromatic heterocycles. The zero-order chi connectivity index (χ0) is 12.3. The molecule has 0 aromatic carbocycles. The van der Waals surface area contributed by atoms with Crippen molar-refractivity contribution >= 4 is 0 Å². The first-order valence-electron chi connectivity index (χ1n) is 5.56. The number of hydrogen-bond acceptors (Lipinski definition) is 4. The van der Waals surface area contributed by atoms with Crippen LogP contribution in [0, 0.1) is 0 Å². The minimum Gasteiger partial charge on any atom is -0.330 e. The molecule has 17 heavy (non-hydrogen) atoms. The van der Waals surface area contributed by atoms with E-state index < -0.39 is 0 Å². The van der Waals surface area contributed by atoms with Gasteiger partial charge in [0.05, 0.1) is 0 Å². The lowest BCUT2D eigenvalue weighted by atomic mass is 10.4. The second-order valence-corrected chi connectivity index (χ2v) is 3.59. The van der Waals surface area contributed by atoms with Gasteiger partial charge < -0.3 is 10.3 Å². The molecule has 0 aliphatic heterocycles. The third-order valence-corrected chi connectivity index (χ3v) is 2.55. The van der Waals surface area contributed by atoms with Crippen molar-refractivity contribution in [2.75, 3.05) is 6.54 Å². The number of hydrogen-bond donors (Lipinski definition) is 1. The molecule has 0 unspecified atom stereocenters. The Labute approximate surface area is 98.7 Å². The van der Waals surface area contributed by atoms with E-state index in [-0.39, 0.29) is 5.56 Å². The molecule has 2 N–H and O–H groups in total. The number of rotatable bonds is 4. The third kappa shape index (κ3) is 2.12. The van der Waals surface area contributed by atoms with Gasteiger partial charge >= 0.3 is 0 Å². The Hall–Kier alpha value is -1.95. The summed E-state index contributed by atoms with van der Waals surface area (Å²) >= 11 is 0. The minimum absolute atomic E-state index is 0.119. The summed E-state index contributed by atoms with van der Waals surface area (Å²) in [5.74, 6) is 1.13. The number of aryl methyl sites for hydroxylation is 1. The van der Waals surface area contributed by atoms with Crippen LogP contribution in [0.5, 0.6) is 0 Å². The van der Waals surface area contributed by atoms with Crippen LogP contribution < -0.4 is 11.3 Å². The molecule has 0 radical (unpaired) electrons. The highest BCUT2D eigenvalue weighted by Gasteiger charge is 2.10. The maximum atomic E-state index is 12.1. The van der Waals surface area contributed by atoms with Crippen molar-refractivity contribution < 1.29 is 0 Å². The first kappa shape index (κ1) is 11.5. The van der Waals surface area contributed by atoms with Gasteiger partial charge in [-0.2, -0.15) is 0 Å². The highest BCUT2D eigenvalue weighted by Crippen LogP contribution is 2.03. The first-order chi connectivity index (χ1) is 8.27. The van der Waals surface area contributed by atoms with Crippen molar-refractivity contribution in [3.8, 4) is 5.82 Å². The fourth-order valence-corrected chi connectivity index (χ4v) is 1.69. The fourth-order valence-electron chi connectivity index (χ4n) is 1.69. The Morgan fingerprint density at radius 2 is 2.06 bits per heavy atom. The zero-order valence-corrected chi connectivity index (χ0v) is 9.71. The molecule has 6 heteroatoms. The largest absolute Gasteiger partial charge is 0.330 e. The molecular weight excluding hydrogens is 218 g/mol. The SMILES string of the molecule is CCn1ccnc(-n2ccnc2CCN)c1=O. The molecule has 0 fully saturated rings. The molecule has 2 aromatic rings. The van der Waals surface area contributed by atoms with Gasteiger partial charge in [0.15, 0.2) is 0 Å². The van der Waals surface area contributed by atoms with E-state index in [2.05, 4.69) is 9.97 Å². The van der Waals surface area contributed by atoms with E-state index in [1.54, 1.807) is 33.9 Å². The lowest BCUT2D eigenvalue weighted by molar-refractivity contribution is 0.698. The van der Waals surface area contributed by atoms with Crippen molar-refractivity contribution in [2.45, 2.75) is 19.9 Å². The molecule has 2 rings (SSSR count). The van der Waals surface area contributed by atoms with E-state index in [9.17, 15) is 4.79 Å². The predicted octanol–water partition coefficient (Wildman–Crippen LogP) is -0.0499. The molecule has 0 aliphatic carbocycles. The molecular formula is C11H15N5O. The molecule has 6 nitrogen and oxygen atoms in total. The van der Waals surface area contributed by atoms with E-state index >= 15 is 0 Å². The molecule has 90 valence electrons. The van der Waals surface area contributed by atoms with Gasteiger partial charge in [-0.15, -0.1) is 0 Å². The smallest absolute Gasteiger partial charge is 0.294 e. The van der Waals surface area contributed by atoms with Crippen molar-refractivity contribution in [1.82, 2.24) is 19.1 Å².